The van der Waals surface area contributed by atoms with Gasteiger partial charge >= 0.3 is 0 Å². The van der Waals surface area contributed by atoms with Gasteiger partial charge in [-0.15, -0.1) is 0 Å². The van der Waals surface area contributed by atoms with Gasteiger partial charge in [-0.2, -0.15) is 0 Å². The largest absolute Gasteiger partial charge is 0.382 e. The van der Waals surface area contributed by atoms with Crippen LogP contribution in [-0.2, 0) is 0 Å². The number of hydrogen-bond donors (Lipinski definition) is 1. The third-order valence-corrected chi connectivity index (χ3v) is 3.06. The van der Waals surface area contributed by atoms with E-state index in [-0.39, 0.29) is 0 Å². The molecule has 1 heterocycles. The number of nitrogens with zero attached hydrogens (tertiary/aromatic N) is 3. The maximum atomic E-state index is 5.53. The van der Waals surface area contributed by atoms with Crippen LogP contribution in [0.2, 0.25) is 0 Å². The van der Waals surface area contributed by atoms with Crippen LogP contribution in [0.1, 0.15) is 32.6 Å². The highest BCUT2D eigenvalue weighted by molar-refractivity contribution is 5.40. The van der Waals surface area contributed by atoms with Crippen molar-refractivity contribution >= 4 is 11.6 Å². The summed E-state index contributed by atoms with van der Waals surface area (Å²) in [5.41, 5.74) is 5.53. The summed E-state index contributed by atoms with van der Waals surface area (Å²) in [5, 5.41) is 0. The topological polar surface area (TPSA) is 55.0 Å². The Morgan fingerprint density at radius 2 is 2.07 bits per heavy atom. The van der Waals surface area contributed by atoms with Crippen molar-refractivity contribution in [2.24, 2.45) is 0 Å². The van der Waals surface area contributed by atoms with Crippen molar-refractivity contribution < 1.29 is 0 Å². The lowest BCUT2D eigenvalue weighted by Crippen LogP contribution is -2.33. The Hall–Kier alpha value is -1.32. The van der Waals surface area contributed by atoms with Gasteiger partial charge in [0.05, 0.1) is 12.4 Å². The van der Waals surface area contributed by atoms with Crippen LogP contribution in [-0.4, -0.2) is 22.6 Å². The van der Waals surface area contributed by atoms with Gasteiger partial charge in [0, 0.05) is 12.6 Å². The standard InChI is InChI=1S/C11H18N4/c1-2-15(9-5-3-4-6-9)11-8-13-10(12)7-14-11/h7-9H,2-6H2,1H3,(H2,12,13). The fraction of sp³-hybridized carbons (Fsp3) is 0.636. The monoisotopic (exact) mass is 206 g/mol. The summed E-state index contributed by atoms with van der Waals surface area (Å²) in [6.07, 6.45) is 8.64. The molecule has 1 aliphatic rings. The smallest absolute Gasteiger partial charge is 0.147 e. The quantitative estimate of drug-likeness (QED) is 0.819. The van der Waals surface area contributed by atoms with Gasteiger partial charge in [-0.1, -0.05) is 12.8 Å². The maximum Gasteiger partial charge on any atom is 0.147 e. The molecule has 0 spiro atoms. The molecule has 0 saturated heterocycles. The minimum absolute atomic E-state index is 0.487. The van der Waals surface area contributed by atoms with Gasteiger partial charge in [-0.25, -0.2) is 9.97 Å². The average molecular weight is 206 g/mol. The molecule has 0 unspecified atom stereocenters. The van der Waals surface area contributed by atoms with Crippen LogP contribution >= 0.6 is 0 Å². The molecule has 15 heavy (non-hydrogen) atoms. The molecule has 4 heteroatoms. The van der Waals surface area contributed by atoms with E-state index >= 15 is 0 Å². The number of nitrogens with two attached hydrogens (primary N) is 1. The van der Waals surface area contributed by atoms with Gasteiger partial charge in [-0.05, 0) is 19.8 Å². The van der Waals surface area contributed by atoms with Crippen molar-refractivity contribution in [2.75, 3.05) is 17.2 Å². The van der Waals surface area contributed by atoms with Gasteiger partial charge in [0.1, 0.15) is 11.6 Å². The number of rotatable bonds is 3. The van der Waals surface area contributed by atoms with Gasteiger partial charge in [0.2, 0.25) is 0 Å². The van der Waals surface area contributed by atoms with Crippen LogP contribution in [0.25, 0.3) is 0 Å². The molecular weight excluding hydrogens is 188 g/mol. The van der Waals surface area contributed by atoms with Crippen LogP contribution in [0.3, 0.4) is 0 Å². The van der Waals surface area contributed by atoms with Crippen molar-refractivity contribution in [1.29, 1.82) is 0 Å². The van der Waals surface area contributed by atoms with E-state index in [1.807, 2.05) is 0 Å². The van der Waals surface area contributed by atoms with Crippen LogP contribution in [0, 0.1) is 0 Å². The highest BCUT2D eigenvalue weighted by Crippen LogP contribution is 2.26. The fourth-order valence-electron chi connectivity index (χ4n) is 2.30. The third-order valence-electron chi connectivity index (χ3n) is 3.06. The molecule has 2 rings (SSSR count). The second kappa shape index (κ2) is 4.47. The molecule has 0 amide bonds. The predicted molar refractivity (Wildman–Crippen MR) is 61.7 cm³/mol. The highest BCUT2D eigenvalue weighted by Gasteiger charge is 2.22. The molecule has 1 aromatic rings. The van der Waals surface area contributed by atoms with Gasteiger partial charge < -0.3 is 10.6 Å². The molecular formula is C11H18N4. The van der Waals surface area contributed by atoms with Crippen molar-refractivity contribution in [2.45, 2.75) is 38.6 Å². The minimum Gasteiger partial charge on any atom is -0.382 e. The Morgan fingerprint density at radius 1 is 1.33 bits per heavy atom. The zero-order chi connectivity index (χ0) is 10.7. The summed E-state index contributed by atoms with van der Waals surface area (Å²) in [6, 6.07) is 0.646. The Labute approximate surface area is 90.5 Å². The molecule has 0 bridgehead atoms. The lowest BCUT2D eigenvalue weighted by molar-refractivity contribution is 0.612. The number of aromatic nitrogens is 2. The van der Waals surface area contributed by atoms with Crippen molar-refractivity contribution in [3.05, 3.63) is 12.4 Å². The molecule has 2 N–H and O–H groups in total. The van der Waals surface area contributed by atoms with E-state index in [0.29, 0.717) is 11.9 Å². The first-order chi connectivity index (χ1) is 7.31. The normalized spacial score (nSPS) is 16.9. The molecule has 4 nitrogen and oxygen atoms in total. The summed E-state index contributed by atoms with van der Waals surface area (Å²) >= 11 is 0. The van der Waals surface area contributed by atoms with E-state index in [2.05, 4.69) is 21.8 Å². The molecule has 82 valence electrons. The van der Waals surface area contributed by atoms with Crippen LogP contribution in [0.15, 0.2) is 12.4 Å². The first-order valence-corrected chi connectivity index (χ1v) is 5.65. The summed E-state index contributed by atoms with van der Waals surface area (Å²) in [6.45, 7) is 3.15. The average Bonchev–Trinajstić information content (AvgIpc) is 2.75. The zero-order valence-corrected chi connectivity index (χ0v) is 9.19. The number of hydrogen-bond acceptors (Lipinski definition) is 4. The highest BCUT2D eigenvalue weighted by atomic mass is 15.2. The van der Waals surface area contributed by atoms with Gasteiger partial charge in [-0.3, -0.25) is 0 Å². The summed E-state index contributed by atoms with van der Waals surface area (Å²) in [4.78, 5) is 10.8. The van der Waals surface area contributed by atoms with Crippen molar-refractivity contribution in [1.82, 2.24) is 9.97 Å². The Kier molecular flexibility index (Phi) is 3.04. The molecule has 1 aliphatic carbocycles. The zero-order valence-electron chi connectivity index (χ0n) is 9.19. The molecule has 1 aromatic heterocycles. The maximum absolute atomic E-state index is 5.53. The fourth-order valence-corrected chi connectivity index (χ4v) is 2.30. The van der Waals surface area contributed by atoms with Gasteiger partial charge in [0.25, 0.3) is 0 Å². The van der Waals surface area contributed by atoms with Crippen molar-refractivity contribution in [3.8, 4) is 0 Å². The third kappa shape index (κ3) is 2.19. The number of anilines is 2. The minimum atomic E-state index is 0.487. The number of nitrogen functional groups attached to an aromatic ring is 1. The van der Waals surface area contributed by atoms with Crippen molar-refractivity contribution in [3.63, 3.8) is 0 Å². The Balaban J connectivity index is 2.14. The predicted octanol–water partition coefficient (Wildman–Crippen LogP) is 1.83. The Bertz CT molecular complexity index is 303. The van der Waals surface area contributed by atoms with Crippen LogP contribution in [0.4, 0.5) is 11.6 Å². The van der Waals surface area contributed by atoms with E-state index in [9.17, 15) is 0 Å². The SMILES string of the molecule is CCN(c1cnc(N)cn1)C1CCCC1. The summed E-state index contributed by atoms with van der Waals surface area (Å²) in [5.74, 6) is 1.44. The lowest BCUT2D eigenvalue weighted by Gasteiger charge is -2.28. The first kappa shape index (κ1) is 10.2. The summed E-state index contributed by atoms with van der Waals surface area (Å²) < 4.78 is 0. The molecule has 0 atom stereocenters. The Morgan fingerprint density at radius 3 is 2.60 bits per heavy atom. The van der Waals surface area contributed by atoms with Crippen LogP contribution in [0.5, 0.6) is 0 Å². The molecule has 0 radical (unpaired) electrons. The molecule has 1 fully saturated rings. The molecule has 1 saturated carbocycles. The van der Waals surface area contributed by atoms with E-state index in [1.54, 1.807) is 12.4 Å². The first-order valence-electron chi connectivity index (χ1n) is 5.65. The van der Waals surface area contributed by atoms with E-state index in [1.165, 1.54) is 25.7 Å². The summed E-state index contributed by atoms with van der Waals surface area (Å²) in [7, 11) is 0. The second-order valence-corrected chi connectivity index (χ2v) is 4.02. The van der Waals surface area contributed by atoms with Gasteiger partial charge in [0.15, 0.2) is 0 Å². The lowest BCUT2D eigenvalue weighted by atomic mass is 10.2. The van der Waals surface area contributed by atoms with Crippen LogP contribution < -0.4 is 10.6 Å². The molecule has 0 aromatic carbocycles. The van der Waals surface area contributed by atoms with E-state index < -0.39 is 0 Å². The molecule has 0 aliphatic heterocycles. The van der Waals surface area contributed by atoms with E-state index in [0.717, 1.165) is 12.4 Å². The van der Waals surface area contributed by atoms with E-state index in [4.69, 9.17) is 5.73 Å². The second-order valence-electron chi connectivity index (χ2n) is 4.02.